The molecule has 0 aromatic heterocycles. The Morgan fingerprint density at radius 1 is 1.13 bits per heavy atom. The summed E-state index contributed by atoms with van der Waals surface area (Å²) in [4.78, 5) is 0. The Hall–Kier alpha value is -0.820. The Kier molecular flexibility index (Phi) is 5.41. The highest BCUT2D eigenvalue weighted by Crippen LogP contribution is 2.22. The molecule has 0 bridgehead atoms. The second kappa shape index (κ2) is 6.62. The Morgan fingerprint density at radius 3 is 2.53 bits per heavy atom. The molecule has 0 spiro atoms. The average molecular weight is 206 g/mol. The van der Waals surface area contributed by atoms with Gasteiger partial charge in [0.25, 0.3) is 0 Å². The molecule has 0 saturated carbocycles. The first-order valence-corrected chi connectivity index (χ1v) is 5.99. The molecule has 0 aliphatic heterocycles. The third-order valence-electron chi connectivity index (χ3n) is 2.88. The lowest BCUT2D eigenvalue weighted by Crippen LogP contribution is -1.99. The third kappa shape index (κ3) is 4.05. The lowest BCUT2D eigenvalue weighted by molar-refractivity contribution is 0.162. The zero-order valence-corrected chi connectivity index (χ0v) is 9.87. The summed E-state index contributed by atoms with van der Waals surface area (Å²) in [5, 5.41) is 10.0. The van der Waals surface area contributed by atoms with E-state index in [1.807, 2.05) is 18.2 Å². The van der Waals surface area contributed by atoms with Crippen LogP contribution in [0.15, 0.2) is 24.3 Å². The van der Waals surface area contributed by atoms with E-state index in [0.29, 0.717) is 0 Å². The molecule has 1 aromatic rings. The molecule has 0 amide bonds. The van der Waals surface area contributed by atoms with Crippen LogP contribution < -0.4 is 0 Å². The third-order valence-corrected chi connectivity index (χ3v) is 2.88. The second-order valence-electron chi connectivity index (χ2n) is 4.22. The first-order chi connectivity index (χ1) is 7.25. The predicted molar refractivity (Wildman–Crippen MR) is 64.9 cm³/mol. The van der Waals surface area contributed by atoms with Crippen LogP contribution in [0.1, 0.15) is 56.3 Å². The van der Waals surface area contributed by atoms with Crippen molar-refractivity contribution in [1.82, 2.24) is 0 Å². The molecule has 1 rings (SSSR count). The van der Waals surface area contributed by atoms with E-state index in [1.54, 1.807) is 0 Å². The molecule has 0 saturated heterocycles. The van der Waals surface area contributed by atoms with Gasteiger partial charge in [-0.1, -0.05) is 56.9 Å². The first kappa shape index (κ1) is 12.3. The van der Waals surface area contributed by atoms with Crippen LogP contribution in [-0.2, 0) is 0 Å². The number of benzene rings is 1. The fourth-order valence-electron chi connectivity index (χ4n) is 1.88. The van der Waals surface area contributed by atoms with Crippen LogP contribution in [0.3, 0.4) is 0 Å². The highest BCUT2D eigenvalue weighted by molar-refractivity contribution is 5.27. The summed E-state index contributed by atoms with van der Waals surface area (Å²) >= 11 is 0. The van der Waals surface area contributed by atoms with E-state index in [-0.39, 0.29) is 6.10 Å². The smallest absolute Gasteiger partial charge is 0.0792 e. The van der Waals surface area contributed by atoms with Crippen LogP contribution in [0.25, 0.3) is 0 Å². The minimum Gasteiger partial charge on any atom is -0.388 e. The van der Waals surface area contributed by atoms with Gasteiger partial charge in [0.05, 0.1) is 6.10 Å². The van der Waals surface area contributed by atoms with Crippen molar-refractivity contribution in [2.45, 2.75) is 52.1 Å². The van der Waals surface area contributed by atoms with Crippen LogP contribution in [-0.4, -0.2) is 5.11 Å². The summed E-state index contributed by atoms with van der Waals surface area (Å²) in [7, 11) is 0. The number of rotatable bonds is 6. The molecule has 15 heavy (non-hydrogen) atoms. The second-order valence-corrected chi connectivity index (χ2v) is 4.22. The summed E-state index contributed by atoms with van der Waals surface area (Å²) in [6.07, 6.45) is 5.51. The molecular weight excluding hydrogens is 184 g/mol. The number of hydrogen-bond donors (Lipinski definition) is 1. The van der Waals surface area contributed by atoms with Crippen LogP contribution >= 0.6 is 0 Å². The lowest BCUT2D eigenvalue weighted by atomic mass is 9.99. The number of aliphatic hydroxyl groups excluding tert-OH is 1. The van der Waals surface area contributed by atoms with E-state index in [0.717, 1.165) is 18.4 Å². The van der Waals surface area contributed by atoms with Crippen molar-refractivity contribution in [2.75, 3.05) is 0 Å². The quantitative estimate of drug-likeness (QED) is 0.697. The van der Waals surface area contributed by atoms with Crippen molar-refractivity contribution in [3.05, 3.63) is 35.4 Å². The van der Waals surface area contributed by atoms with Crippen LogP contribution in [0.2, 0.25) is 0 Å². The van der Waals surface area contributed by atoms with E-state index >= 15 is 0 Å². The number of hydrogen-bond acceptors (Lipinski definition) is 1. The predicted octanol–water partition coefficient (Wildman–Crippen LogP) is 4.00. The van der Waals surface area contributed by atoms with Gasteiger partial charge >= 0.3 is 0 Å². The largest absolute Gasteiger partial charge is 0.388 e. The zero-order chi connectivity index (χ0) is 11.1. The lowest BCUT2D eigenvalue weighted by Gasteiger charge is -2.13. The van der Waals surface area contributed by atoms with Crippen molar-refractivity contribution >= 4 is 0 Å². The van der Waals surface area contributed by atoms with Crippen molar-refractivity contribution in [3.63, 3.8) is 0 Å². The van der Waals surface area contributed by atoms with Gasteiger partial charge in [-0.05, 0) is 24.5 Å². The van der Waals surface area contributed by atoms with Gasteiger partial charge in [0.15, 0.2) is 0 Å². The average Bonchev–Trinajstić information content (AvgIpc) is 2.25. The molecule has 0 heterocycles. The van der Waals surface area contributed by atoms with Crippen molar-refractivity contribution in [1.29, 1.82) is 0 Å². The topological polar surface area (TPSA) is 20.2 Å². The molecule has 1 aromatic carbocycles. The van der Waals surface area contributed by atoms with Gasteiger partial charge in [0, 0.05) is 0 Å². The Labute approximate surface area is 93.1 Å². The molecule has 84 valence electrons. The monoisotopic (exact) mass is 206 g/mol. The molecule has 0 aliphatic rings. The standard InChI is InChI=1S/C14H22O/c1-3-4-5-6-11-14(15)13-10-8-7-9-12(13)2/h7-10,14-15H,3-6,11H2,1-2H3. The van der Waals surface area contributed by atoms with Crippen LogP contribution in [0.4, 0.5) is 0 Å². The normalized spacial score (nSPS) is 12.7. The SMILES string of the molecule is CCCCCCC(O)c1ccccc1C. The van der Waals surface area contributed by atoms with Crippen molar-refractivity contribution in [2.24, 2.45) is 0 Å². The molecule has 1 nitrogen and oxygen atoms in total. The zero-order valence-electron chi connectivity index (χ0n) is 9.87. The van der Waals surface area contributed by atoms with E-state index in [9.17, 15) is 5.11 Å². The number of aryl methyl sites for hydroxylation is 1. The molecule has 0 radical (unpaired) electrons. The van der Waals surface area contributed by atoms with Gasteiger partial charge in [-0.25, -0.2) is 0 Å². The van der Waals surface area contributed by atoms with E-state index in [4.69, 9.17) is 0 Å². The van der Waals surface area contributed by atoms with E-state index in [2.05, 4.69) is 19.9 Å². The van der Waals surface area contributed by atoms with Gasteiger partial charge in [-0.2, -0.15) is 0 Å². The fourth-order valence-corrected chi connectivity index (χ4v) is 1.88. The Balaban J connectivity index is 2.40. The molecule has 0 fully saturated rings. The first-order valence-electron chi connectivity index (χ1n) is 5.99. The van der Waals surface area contributed by atoms with Crippen molar-refractivity contribution in [3.8, 4) is 0 Å². The maximum atomic E-state index is 10.0. The van der Waals surface area contributed by atoms with E-state index in [1.165, 1.54) is 24.8 Å². The minimum atomic E-state index is -0.275. The summed E-state index contributed by atoms with van der Waals surface area (Å²) in [5.74, 6) is 0. The number of aliphatic hydroxyl groups is 1. The minimum absolute atomic E-state index is 0.275. The van der Waals surface area contributed by atoms with Gasteiger partial charge < -0.3 is 5.11 Å². The molecule has 1 atom stereocenters. The van der Waals surface area contributed by atoms with Gasteiger partial charge in [-0.15, -0.1) is 0 Å². The Bertz CT molecular complexity index is 280. The van der Waals surface area contributed by atoms with Gasteiger partial charge in [0.1, 0.15) is 0 Å². The molecule has 1 N–H and O–H groups in total. The highest BCUT2D eigenvalue weighted by Gasteiger charge is 2.08. The fraction of sp³-hybridized carbons (Fsp3) is 0.571. The molecule has 0 aliphatic carbocycles. The highest BCUT2D eigenvalue weighted by atomic mass is 16.3. The van der Waals surface area contributed by atoms with Gasteiger partial charge in [-0.3, -0.25) is 0 Å². The maximum absolute atomic E-state index is 10.0. The Morgan fingerprint density at radius 2 is 1.87 bits per heavy atom. The maximum Gasteiger partial charge on any atom is 0.0792 e. The number of unbranched alkanes of at least 4 members (excludes halogenated alkanes) is 3. The van der Waals surface area contributed by atoms with E-state index < -0.39 is 0 Å². The van der Waals surface area contributed by atoms with Crippen LogP contribution in [0, 0.1) is 6.92 Å². The van der Waals surface area contributed by atoms with Crippen LogP contribution in [0.5, 0.6) is 0 Å². The molecular formula is C14H22O. The van der Waals surface area contributed by atoms with Gasteiger partial charge in [0.2, 0.25) is 0 Å². The summed E-state index contributed by atoms with van der Waals surface area (Å²) < 4.78 is 0. The summed E-state index contributed by atoms with van der Waals surface area (Å²) in [6.45, 7) is 4.27. The molecule has 1 unspecified atom stereocenters. The van der Waals surface area contributed by atoms with Crippen molar-refractivity contribution < 1.29 is 5.11 Å². The molecule has 1 heteroatoms. The summed E-state index contributed by atoms with van der Waals surface area (Å²) in [6, 6.07) is 8.10. The summed E-state index contributed by atoms with van der Waals surface area (Å²) in [5.41, 5.74) is 2.29.